The summed E-state index contributed by atoms with van der Waals surface area (Å²) in [6, 6.07) is 0. The van der Waals surface area contributed by atoms with Crippen molar-refractivity contribution < 1.29 is 0 Å². The standard InChI is InChI=1S/C6H5IN4/c1-11-6(7)5-4(10-11)2-8-3-9-5/h2-3H,1H3. The number of hydrogen-bond acceptors (Lipinski definition) is 3. The molecule has 2 aromatic rings. The molecule has 0 aliphatic heterocycles. The quantitative estimate of drug-likeness (QED) is 0.663. The highest BCUT2D eigenvalue weighted by Crippen LogP contribution is 2.14. The van der Waals surface area contributed by atoms with E-state index in [9.17, 15) is 0 Å². The summed E-state index contributed by atoms with van der Waals surface area (Å²) >= 11 is 2.21. The van der Waals surface area contributed by atoms with Gasteiger partial charge in [0.2, 0.25) is 0 Å². The maximum atomic E-state index is 4.20. The van der Waals surface area contributed by atoms with E-state index in [0.29, 0.717) is 0 Å². The minimum Gasteiger partial charge on any atom is -0.259 e. The molecule has 0 aliphatic rings. The summed E-state index contributed by atoms with van der Waals surface area (Å²) in [6.07, 6.45) is 3.25. The average molecular weight is 260 g/mol. The van der Waals surface area contributed by atoms with Crippen molar-refractivity contribution in [2.75, 3.05) is 0 Å². The van der Waals surface area contributed by atoms with Crippen LogP contribution in [0.3, 0.4) is 0 Å². The maximum Gasteiger partial charge on any atom is 0.130 e. The van der Waals surface area contributed by atoms with Crippen molar-refractivity contribution in [2.24, 2.45) is 7.05 Å². The zero-order valence-electron chi connectivity index (χ0n) is 5.82. The van der Waals surface area contributed by atoms with Crippen LogP contribution in [0.1, 0.15) is 0 Å². The summed E-state index contributed by atoms with van der Waals surface area (Å²) in [5.41, 5.74) is 1.77. The summed E-state index contributed by atoms with van der Waals surface area (Å²) < 4.78 is 2.83. The molecule has 0 spiro atoms. The zero-order chi connectivity index (χ0) is 7.84. The van der Waals surface area contributed by atoms with Crippen molar-refractivity contribution in [3.8, 4) is 0 Å². The summed E-state index contributed by atoms with van der Waals surface area (Å²) in [5.74, 6) is 0. The highest BCUT2D eigenvalue weighted by Gasteiger charge is 2.05. The maximum absolute atomic E-state index is 4.20. The van der Waals surface area contributed by atoms with Crippen molar-refractivity contribution in [3.05, 3.63) is 16.2 Å². The summed E-state index contributed by atoms with van der Waals surface area (Å²) in [6.45, 7) is 0. The van der Waals surface area contributed by atoms with E-state index in [1.807, 2.05) is 7.05 Å². The molecule has 5 heteroatoms. The molecule has 4 nitrogen and oxygen atoms in total. The van der Waals surface area contributed by atoms with Gasteiger partial charge in [0.1, 0.15) is 21.1 Å². The summed E-state index contributed by atoms with van der Waals surface area (Å²) in [4.78, 5) is 7.98. The highest BCUT2D eigenvalue weighted by molar-refractivity contribution is 14.1. The molecule has 2 aromatic heterocycles. The molecule has 56 valence electrons. The van der Waals surface area contributed by atoms with E-state index in [4.69, 9.17) is 0 Å². The van der Waals surface area contributed by atoms with Gasteiger partial charge in [-0.15, -0.1) is 0 Å². The number of rotatable bonds is 0. The molecular formula is C6H5IN4. The van der Waals surface area contributed by atoms with Crippen LogP contribution >= 0.6 is 22.6 Å². The third kappa shape index (κ3) is 0.991. The van der Waals surface area contributed by atoms with Gasteiger partial charge < -0.3 is 0 Å². The van der Waals surface area contributed by atoms with Crippen LogP contribution in [0.4, 0.5) is 0 Å². The number of fused-ring (bicyclic) bond motifs is 1. The predicted octanol–water partition coefficient (Wildman–Crippen LogP) is 0.968. The van der Waals surface area contributed by atoms with E-state index in [1.54, 1.807) is 10.9 Å². The lowest BCUT2D eigenvalue weighted by Gasteiger charge is -1.86. The molecule has 0 radical (unpaired) electrons. The lowest BCUT2D eigenvalue weighted by atomic mass is 10.5. The lowest BCUT2D eigenvalue weighted by Crippen LogP contribution is -1.91. The third-order valence-electron chi connectivity index (χ3n) is 1.43. The molecule has 0 atom stereocenters. The van der Waals surface area contributed by atoms with Gasteiger partial charge in [-0.2, -0.15) is 5.10 Å². The van der Waals surface area contributed by atoms with Crippen LogP contribution in [0, 0.1) is 3.70 Å². The van der Waals surface area contributed by atoms with Gasteiger partial charge in [-0.3, -0.25) is 4.68 Å². The summed E-state index contributed by atoms with van der Waals surface area (Å²) in [7, 11) is 1.89. The molecule has 0 fully saturated rings. The van der Waals surface area contributed by atoms with Gasteiger partial charge in [-0.1, -0.05) is 0 Å². The van der Waals surface area contributed by atoms with Crippen LogP contribution < -0.4 is 0 Å². The Balaban J connectivity index is 2.92. The number of aryl methyl sites for hydroxylation is 1. The Hall–Kier alpha value is -0.720. The fourth-order valence-electron chi connectivity index (χ4n) is 0.913. The van der Waals surface area contributed by atoms with E-state index in [-0.39, 0.29) is 0 Å². The molecule has 0 amide bonds. The highest BCUT2D eigenvalue weighted by atomic mass is 127. The average Bonchev–Trinajstić information content (AvgIpc) is 2.30. The molecule has 0 aliphatic carbocycles. The Morgan fingerprint density at radius 1 is 1.55 bits per heavy atom. The van der Waals surface area contributed by atoms with E-state index in [2.05, 4.69) is 37.7 Å². The third-order valence-corrected chi connectivity index (χ3v) is 2.64. The van der Waals surface area contributed by atoms with Gasteiger partial charge in [-0.25, -0.2) is 9.97 Å². The van der Waals surface area contributed by atoms with E-state index in [1.165, 1.54) is 6.33 Å². The van der Waals surface area contributed by atoms with Crippen LogP contribution in [0.25, 0.3) is 11.0 Å². The van der Waals surface area contributed by atoms with Gasteiger partial charge in [0, 0.05) is 7.05 Å². The number of hydrogen-bond donors (Lipinski definition) is 0. The molecule has 0 bridgehead atoms. The number of aromatic nitrogens is 4. The van der Waals surface area contributed by atoms with Gasteiger partial charge in [0.05, 0.1) is 6.20 Å². The van der Waals surface area contributed by atoms with Gasteiger partial charge in [0.15, 0.2) is 0 Å². The Labute approximate surface area is 76.8 Å². The molecule has 11 heavy (non-hydrogen) atoms. The molecule has 0 unspecified atom stereocenters. The molecule has 0 N–H and O–H groups in total. The number of halogens is 1. The first-order valence-electron chi connectivity index (χ1n) is 3.07. The first kappa shape index (κ1) is 6.96. The van der Waals surface area contributed by atoms with Crippen molar-refractivity contribution >= 4 is 33.6 Å². The smallest absolute Gasteiger partial charge is 0.130 e. The van der Waals surface area contributed by atoms with Crippen LogP contribution in [-0.2, 0) is 7.05 Å². The molecule has 2 rings (SSSR count). The first-order valence-corrected chi connectivity index (χ1v) is 4.15. The van der Waals surface area contributed by atoms with Gasteiger partial charge >= 0.3 is 0 Å². The topological polar surface area (TPSA) is 43.6 Å². The van der Waals surface area contributed by atoms with Crippen molar-refractivity contribution in [1.82, 2.24) is 19.7 Å². The molecule has 0 aromatic carbocycles. The minimum atomic E-state index is 0.847. The van der Waals surface area contributed by atoms with Crippen molar-refractivity contribution in [3.63, 3.8) is 0 Å². The Morgan fingerprint density at radius 3 is 3.09 bits per heavy atom. The zero-order valence-corrected chi connectivity index (χ0v) is 7.98. The van der Waals surface area contributed by atoms with Crippen molar-refractivity contribution in [2.45, 2.75) is 0 Å². The molecular weight excluding hydrogens is 255 g/mol. The predicted molar refractivity (Wildman–Crippen MR) is 49.0 cm³/mol. The normalized spacial score (nSPS) is 10.7. The van der Waals surface area contributed by atoms with Crippen LogP contribution in [0.15, 0.2) is 12.5 Å². The Morgan fingerprint density at radius 2 is 2.36 bits per heavy atom. The Kier molecular flexibility index (Phi) is 1.52. The largest absolute Gasteiger partial charge is 0.259 e. The second-order valence-electron chi connectivity index (χ2n) is 2.17. The second-order valence-corrected chi connectivity index (χ2v) is 3.19. The van der Waals surface area contributed by atoms with E-state index in [0.717, 1.165) is 14.7 Å². The number of nitrogens with zero attached hydrogens (tertiary/aromatic N) is 4. The molecule has 0 saturated heterocycles. The van der Waals surface area contributed by atoms with Crippen LogP contribution in [-0.4, -0.2) is 19.7 Å². The van der Waals surface area contributed by atoms with Crippen molar-refractivity contribution in [1.29, 1.82) is 0 Å². The fourth-order valence-corrected chi connectivity index (χ4v) is 1.44. The first-order chi connectivity index (χ1) is 5.29. The van der Waals surface area contributed by atoms with Gasteiger partial charge in [-0.05, 0) is 22.6 Å². The minimum absolute atomic E-state index is 0.847. The molecule has 2 heterocycles. The SMILES string of the molecule is Cn1nc2cncnc2c1I. The Bertz CT molecular complexity index is 394. The second kappa shape index (κ2) is 2.40. The molecule has 0 saturated carbocycles. The lowest BCUT2D eigenvalue weighted by molar-refractivity contribution is 0.758. The monoisotopic (exact) mass is 260 g/mol. The fraction of sp³-hybridized carbons (Fsp3) is 0.167. The van der Waals surface area contributed by atoms with E-state index >= 15 is 0 Å². The van der Waals surface area contributed by atoms with E-state index < -0.39 is 0 Å². The van der Waals surface area contributed by atoms with Crippen LogP contribution in [0.2, 0.25) is 0 Å². The van der Waals surface area contributed by atoms with Gasteiger partial charge in [0.25, 0.3) is 0 Å². The van der Waals surface area contributed by atoms with Crippen LogP contribution in [0.5, 0.6) is 0 Å². The summed E-state index contributed by atoms with van der Waals surface area (Å²) in [5, 5.41) is 4.20.